The Morgan fingerprint density at radius 1 is 1.12 bits per heavy atom. The molecule has 3 rings (SSSR count). The number of ketones is 1. The highest BCUT2D eigenvalue weighted by molar-refractivity contribution is 6.46. The van der Waals surface area contributed by atoms with Crippen molar-refractivity contribution in [1.82, 2.24) is 9.80 Å². The van der Waals surface area contributed by atoms with Crippen molar-refractivity contribution in [3.05, 3.63) is 69.8 Å². The molecule has 0 spiro atoms. The molecule has 0 aromatic heterocycles. The van der Waals surface area contributed by atoms with E-state index in [-0.39, 0.29) is 16.7 Å². The topological polar surface area (TPSA) is 70.1 Å². The van der Waals surface area contributed by atoms with Crippen LogP contribution >= 0.6 is 11.6 Å². The van der Waals surface area contributed by atoms with Gasteiger partial charge in [-0.15, -0.1) is 0 Å². The summed E-state index contributed by atoms with van der Waals surface area (Å²) in [5.41, 5.74) is 1.91. The first-order valence-electron chi connectivity index (χ1n) is 10.8. The van der Waals surface area contributed by atoms with Gasteiger partial charge >= 0.3 is 0 Å². The van der Waals surface area contributed by atoms with Crippen LogP contribution in [0.5, 0.6) is 5.75 Å². The van der Waals surface area contributed by atoms with Gasteiger partial charge in [0.25, 0.3) is 11.7 Å². The molecule has 33 heavy (non-hydrogen) atoms. The SMILES string of the molecule is COc1ccc(C(C)(C)C)cc1/C(O)=C1\C(=O)C(=O)N(CCN(C)C)C1c1ccc(Cl)cc1. The summed E-state index contributed by atoms with van der Waals surface area (Å²) in [7, 11) is 5.31. The zero-order valence-electron chi connectivity index (χ0n) is 20.0. The standard InChI is InChI=1S/C26H31ClN2O4/c1-26(2,3)17-9-12-20(33-6)19(15-17)23(30)21-22(16-7-10-18(27)11-8-16)29(14-13-28(4)5)25(32)24(21)31/h7-12,15,22,30H,13-14H2,1-6H3/b23-21+. The van der Waals surface area contributed by atoms with E-state index in [0.717, 1.165) is 5.56 Å². The Labute approximate surface area is 200 Å². The molecule has 2 aromatic carbocycles. The molecule has 0 radical (unpaired) electrons. The second-order valence-electron chi connectivity index (χ2n) is 9.51. The third kappa shape index (κ3) is 5.07. The van der Waals surface area contributed by atoms with Gasteiger partial charge in [0.05, 0.1) is 24.3 Å². The minimum atomic E-state index is -0.731. The number of hydrogen-bond acceptors (Lipinski definition) is 5. The zero-order chi connectivity index (χ0) is 24.5. The van der Waals surface area contributed by atoms with E-state index in [1.807, 2.05) is 31.1 Å². The lowest BCUT2D eigenvalue weighted by Gasteiger charge is -2.27. The van der Waals surface area contributed by atoms with Gasteiger partial charge in [-0.25, -0.2) is 0 Å². The number of aliphatic hydroxyl groups is 1. The van der Waals surface area contributed by atoms with Gasteiger partial charge in [-0.05, 0) is 54.9 Å². The van der Waals surface area contributed by atoms with Crippen LogP contribution in [0.3, 0.4) is 0 Å². The van der Waals surface area contributed by atoms with E-state index in [1.54, 1.807) is 30.3 Å². The maximum Gasteiger partial charge on any atom is 0.295 e. The van der Waals surface area contributed by atoms with Crippen LogP contribution in [0.4, 0.5) is 0 Å². The zero-order valence-corrected chi connectivity index (χ0v) is 20.7. The molecule has 2 aromatic rings. The number of nitrogens with zero attached hydrogens (tertiary/aromatic N) is 2. The molecule has 1 unspecified atom stereocenters. The summed E-state index contributed by atoms with van der Waals surface area (Å²) in [6, 6.07) is 11.8. The fraction of sp³-hybridized carbons (Fsp3) is 0.385. The molecule has 7 heteroatoms. The van der Waals surface area contributed by atoms with Crippen molar-refractivity contribution < 1.29 is 19.4 Å². The van der Waals surface area contributed by atoms with Gasteiger partial charge in [0.15, 0.2) is 0 Å². The molecule has 1 saturated heterocycles. The molecule has 1 amide bonds. The Bertz CT molecular complexity index is 1080. The molecule has 0 saturated carbocycles. The summed E-state index contributed by atoms with van der Waals surface area (Å²) >= 11 is 6.08. The maximum atomic E-state index is 13.2. The number of Topliss-reactive ketones (excluding diaryl/α,β-unsaturated/α-hetero) is 1. The summed E-state index contributed by atoms with van der Waals surface area (Å²) in [5, 5.41) is 12.0. The fourth-order valence-corrected chi connectivity index (χ4v) is 4.04. The number of ether oxygens (including phenoxy) is 1. The first kappa shape index (κ1) is 24.8. The number of carbonyl (C=O) groups is 2. The van der Waals surface area contributed by atoms with Crippen LogP contribution in [0.25, 0.3) is 5.76 Å². The van der Waals surface area contributed by atoms with Gasteiger partial charge in [0.2, 0.25) is 0 Å². The van der Waals surface area contributed by atoms with Crippen molar-refractivity contribution in [1.29, 1.82) is 0 Å². The Kier molecular flexibility index (Phi) is 7.20. The average Bonchev–Trinajstić information content (AvgIpc) is 3.01. The molecule has 1 aliphatic heterocycles. The van der Waals surface area contributed by atoms with Gasteiger partial charge < -0.3 is 19.6 Å². The van der Waals surface area contributed by atoms with Crippen LogP contribution < -0.4 is 4.74 Å². The molecule has 1 heterocycles. The number of likely N-dealkylation sites (tertiary alicyclic amines) is 1. The van der Waals surface area contributed by atoms with E-state index in [9.17, 15) is 14.7 Å². The number of amides is 1. The first-order chi connectivity index (χ1) is 15.5. The second-order valence-corrected chi connectivity index (χ2v) is 9.95. The largest absolute Gasteiger partial charge is 0.507 e. The van der Waals surface area contributed by atoms with Crippen LogP contribution in [0.1, 0.15) is 43.5 Å². The lowest BCUT2D eigenvalue weighted by molar-refractivity contribution is -0.140. The molecule has 0 aliphatic carbocycles. The van der Waals surface area contributed by atoms with Gasteiger partial charge in [0.1, 0.15) is 11.5 Å². The highest BCUT2D eigenvalue weighted by Crippen LogP contribution is 2.41. The summed E-state index contributed by atoms with van der Waals surface area (Å²) in [6.07, 6.45) is 0. The number of rotatable bonds is 6. The number of carbonyl (C=O) groups excluding carboxylic acids is 2. The minimum absolute atomic E-state index is 0.0467. The number of likely N-dealkylation sites (N-methyl/N-ethyl adjacent to an activating group) is 1. The molecule has 1 fully saturated rings. The van der Waals surface area contributed by atoms with E-state index in [4.69, 9.17) is 16.3 Å². The molecule has 1 aliphatic rings. The van der Waals surface area contributed by atoms with Crippen LogP contribution in [0.15, 0.2) is 48.0 Å². The summed E-state index contributed by atoms with van der Waals surface area (Å²) < 4.78 is 5.49. The molecule has 1 atom stereocenters. The van der Waals surface area contributed by atoms with Crippen LogP contribution in [-0.2, 0) is 15.0 Å². The van der Waals surface area contributed by atoms with Gasteiger partial charge in [-0.1, -0.05) is 50.6 Å². The van der Waals surface area contributed by atoms with Gasteiger partial charge in [-0.3, -0.25) is 9.59 Å². The van der Waals surface area contributed by atoms with E-state index in [1.165, 1.54) is 12.0 Å². The normalized spacial score (nSPS) is 18.3. The van der Waals surface area contributed by atoms with E-state index < -0.39 is 17.7 Å². The van der Waals surface area contributed by atoms with E-state index in [0.29, 0.717) is 35.0 Å². The lowest BCUT2D eigenvalue weighted by Crippen LogP contribution is -2.35. The van der Waals surface area contributed by atoms with Gasteiger partial charge in [-0.2, -0.15) is 0 Å². The molecular formula is C26H31ClN2O4. The van der Waals surface area contributed by atoms with Gasteiger partial charge in [0, 0.05) is 18.1 Å². The van der Waals surface area contributed by atoms with Crippen molar-refractivity contribution in [2.24, 2.45) is 0 Å². The van der Waals surface area contributed by atoms with E-state index >= 15 is 0 Å². The maximum absolute atomic E-state index is 13.2. The van der Waals surface area contributed by atoms with Crippen molar-refractivity contribution in [3.8, 4) is 5.75 Å². The Morgan fingerprint density at radius 2 is 1.76 bits per heavy atom. The molecule has 0 bridgehead atoms. The Morgan fingerprint density at radius 3 is 2.30 bits per heavy atom. The predicted octanol–water partition coefficient (Wildman–Crippen LogP) is 4.63. The van der Waals surface area contributed by atoms with Crippen molar-refractivity contribution in [2.75, 3.05) is 34.3 Å². The van der Waals surface area contributed by atoms with Crippen LogP contribution in [-0.4, -0.2) is 60.9 Å². The number of halogens is 1. The summed E-state index contributed by atoms with van der Waals surface area (Å²) in [4.78, 5) is 29.7. The van der Waals surface area contributed by atoms with Crippen molar-refractivity contribution >= 4 is 29.1 Å². The molecule has 6 nitrogen and oxygen atoms in total. The van der Waals surface area contributed by atoms with Crippen LogP contribution in [0, 0.1) is 0 Å². The average molecular weight is 471 g/mol. The van der Waals surface area contributed by atoms with E-state index in [2.05, 4.69) is 20.8 Å². The third-order valence-corrected chi connectivity index (χ3v) is 6.09. The highest BCUT2D eigenvalue weighted by Gasteiger charge is 2.46. The van der Waals surface area contributed by atoms with Crippen LogP contribution in [0.2, 0.25) is 5.02 Å². The van der Waals surface area contributed by atoms with Crippen molar-refractivity contribution in [3.63, 3.8) is 0 Å². The minimum Gasteiger partial charge on any atom is -0.507 e. The first-order valence-corrected chi connectivity index (χ1v) is 11.2. The smallest absolute Gasteiger partial charge is 0.295 e. The quantitative estimate of drug-likeness (QED) is 0.378. The monoisotopic (exact) mass is 470 g/mol. The molecule has 176 valence electrons. The lowest BCUT2D eigenvalue weighted by atomic mass is 9.85. The molecular weight excluding hydrogens is 440 g/mol. The third-order valence-electron chi connectivity index (χ3n) is 5.83. The molecule has 1 N–H and O–H groups in total. The number of benzene rings is 2. The second kappa shape index (κ2) is 9.57. The Balaban J connectivity index is 2.24. The summed E-state index contributed by atoms with van der Waals surface area (Å²) in [6.45, 7) is 7.09. The fourth-order valence-electron chi connectivity index (χ4n) is 3.91. The number of hydrogen-bond donors (Lipinski definition) is 1. The highest BCUT2D eigenvalue weighted by atomic mass is 35.5. The Hall–Kier alpha value is -2.83. The predicted molar refractivity (Wildman–Crippen MR) is 131 cm³/mol. The number of aliphatic hydroxyl groups excluding tert-OH is 1. The number of methoxy groups -OCH3 is 1. The van der Waals surface area contributed by atoms with Crippen molar-refractivity contribution in [2.45, 2.75) is 32.2 Å². The summed E-state index contributed by atoms with van der Waals surface area (Å²) in [5.74, 6) is -1.17.